The Morgan fingerprint density at radius 1 is 1.48 bits per heavy atom. The summed E-state index contributed by atoms with van der Waals surface area (Å²) in [6, 6.07) is 0. The Hall–Kier alpha value is -1.20. The zero-order valence-corrected chi connectivity index (χ0v) is 14.0. The quantitative estimate of drug-likeness (QED) is 0.730. The van der Waals surface area contributed by atoms with Crippen LogP contribution < -0.4 is 5.32 Å². The van der Waals surface area contributed by atoms with Crippen LogP contribution >= 0.6 is 0 Å². The second-order valence-electron chi connectivity index (χ2n) is 6.74. The molecule has 2 nitrogen and oxygen atoms in total. The number of allylic oxidation sites excluding steroid dienone is 2. The standard InChI is InChI=1S/C19H31NO/c1-7-16(8-2)19(21)12-20-15(6)18-11-14(5)9-10-17(18)13(3)4/h1,8,13-14,17-21H,6,9-12H2,2-5H3/b16-8+/t14-,17-,18+,19?/m1/s1. The lowest BCUT2D eigenvalue weighted by Crippen LogP contribution is -2.36. The summed E-state index contributed by atoms with van der Waals surface area (Å²) in [5.74, 6) is 5.14. The van der Waals surface area contributed by atoms with Gasteiger partial charge >= 0.3 is 0 Å². The fourth-order valence-corrected chi connectivity index (χ4v) is 3.44. The van der Waals surface area contributed by atoms with Crippen molar-refractivity contribution in [3.05, 3.63) is 23.9 Å². The summed E-state index contributed by atoms with van der Waals surface area (Å²) in [4.78, 5) is 0. The van der Waals surface area contributed by atoms with Gasteiger partial charge in [-0.25, -0.2) is 0 Å². The zero-order valence-electron chi connectivity index (χ0n) is 14.0. The second-order valence-corrected chi connectivity index (χ2v) is 6.74. The van der Waals surface area contributed by atoms with Crippen LogP contribution in [0.15, 0.2) is 23.9 Å². The molecule has 118 valence electrons. The highest BCUT2D eigenvalue weighted by Crippen LogP contribution is 2.40. The Balaban J connectivity index is 2.62. The smallest absolute Gasteiger partial charge is 0.104 e. The maximum absolute atomic E-state index is 10.1. The summed E-state index contributed by atoms with van der Waals surface area (Å²) in [6.45, 7) is 13.4. The van der Waals surface area contributed by atoms with Gasteiger partial charge < -0.3 is 10.4 Å². The van der Waals surface area contributed by atoms with Crippen molar-refractivity contribution in [2.24, 2.45) is 23.7 Å². The number of aliphatic hydroxyl groups excluding tert-OH is 1. The first-order valence-corrected chi connectivity index (χ1v) is 8.14. The molecule has 0 saturated heterocycles. The Morgan fingerprint density at radius 3 is 2.67 bits per heavy atom. The maximum Gasteiger partial charge on any atom is 0.104 e. The van der Waals surface area contributed by atoms with Crippen LogP contribution in [0.4, 0.5) is 0 Å². The average molecular weight is 289 g/mol. The minimum Gasteiger partial charge on any atom is -0.386 e. The number of rotatable bonds is 6. The molecule has 0 bridgehead atoms. The van der Waals surface area contributed by atoms with Crippen LogP contribution in [-0.2, 0) is 0 Å². The van der Waals surface area contributed by atoms with Gasteiger partial charge in [0.05, 0.1) is 0 Å². The molecule has 4 atom stereocenters. The zero-order chi connectivity index (χ0) is 16.0. The van der Waals surface area contributed by atoms with E-state index in [0.29, 0.717) is 29.9 Å². The number of hydrogen-bond donors (Lipinski definition) is 2. The van der Waals surface area contributed by atoms with Crippen molar-refractivity contribution in [2.75, 3.05) is 6.54 Å². The predicted octanol–water partition coefficient (Wildman–Crippen LogP) is 3.74. The highest BCUT2D eigenvalue weighted by Gasteiger charge is 2.32. The third-order valence-electron chi connectivity index (χ3n) is 4.83. The molecular weight excluding hydrogens is 258 g/mol. The van der Waals surface area contributed by atoms with Crippen LogP contribution in [0.2, 0.25) is 0 Å². The summed E-state index contributed by atoms with van der Waals surface area (Å²) in [5, 5.41) is 13.4. The molecule has 0 amide bonds. The molecule has 0 radical (unpaired) electrons. The van der Waals surface area contributed by atoms with E-state index in [1.54, 1.807) is 6.08 Å². The van der Waals surface area contributed by atoms with E-state index in [0.717, 1.165) is 11.6 Å². The van der Waals surface area contributed by atoms with E-state index < -0.39 is 6.10 Å². The Bertz CT molecular complexity index is 416. The first-order chi connectivity index (χ1) is 9.90. The van der Waals surface area contributed by atoms with Crippen molar-refractivity contribution in [1.29, 1.82) is 0 Å². The van der Waals surface area contributed by atoms with E-state index in [2.05, 4.69) is 38.6 Å². The van der Waals surface area contributed by atoms with Gasteiger partial charge in [-0.15, -0.1) is 6.42 Å². The third kappa shape index (κ3) is 4.93. The van der Waals surface area contributed by atoms with Crippen LogP contribution in [0.25, 0.3) is 0 Å². The molecular formula is C19H31NO. The topological polar surface area (TPSA) is 32.3 Å². The summed E-state index contributed by atoms with van der Waals surface area (Å²) in [6.07, 6.45) is 10.3. The summed E-state index contributed by atoms with van der Waals surface area (Å²) in [7, 11) is 0. The average Bonchev–Trinajstić information content (AvgIpc) is 2.45. The van der Waals surface area contributed by atoms with Gasteiger partial charge in [0.15, 0.2) is 0 Å². The Labute approximate surface area is 130 Å². The van der Waals surface area contributed by atoms with Crippen molar-refractivity contribution in [2.45, 2.75) is 53.1 Å². The van der Waals surface area contributed by atoms with Gasteiger partial charge in [0.1, 0.15) is 6.10 Å². The molecule has 1 aliphatic rings. The largest absolute Gasteiger partial charge is 0.386 e. The summed E-state index contributed by atoms with van der Waals surface area (Å²) < 4.78 is 0. The third-order valence-corrected chi connectivity index (χ3v) is 4.83. The normalized spacial score (nSPS) is 28.0. The van der Waals surface area contributed by atoms with Crippen molar-refractivity contribution >= 4 is 0 Å². The highest BCUT2D eigenvalue weighted by atomic mass is 16.3. The highest BCUT2D eigenvalue weighted by molar-refractivity contribution is 5.29. The Morgan fingerprint density at radius 2 is 2.14 bits per heavy atom. The predicted molar refractivity (Wildman–Crippen MR) is 90.6 cm³/mol. The van der Waals surface area contributed by atoms with Crippen LogP contribution in [0.1, 0.15) is 47.0 Å². The first-order valence-electron chi connectivity index (χ1n) is 8.14. The molecule has 1 saturated carbocycles. The van der Waals surface area contributed by atoms with Crippen LogP contribution in [-0.4, -0.2) is 17.8 Å². The van der Waals surface area contributed by atoms with Crippen LogP contribution in [0, 0.1) is 36.0 Å². The second kappa shape index (κ2) is 8.29. The Kier molecular flexibility index (Phi) is 7.05. The van der Waals surface area contributed by atoms with Gasteiger partial charge in [0, 0.05) is 23.7 Å². The molecule has 0 spiro atoms. The van der Waals surface area contributed by atoms with E-state index in [4.69, 9.17) is 6.42 Å². The first kappa shape index (κ1) is 17.9. The van der Waals surface area contributed by atoms with E-state index in [1.165, 1.54) is 19.3 Å². The molecule has 1 unspecified atom stereocenters. The van der Waals surface area contributed by atoms with Crippen molar-refractivity contribution in [1.82, 2.24) is 5.32 Å². The molecule has 0 aromatic rings. The number of terminal acetylenes is 1. The minimum atomic E-state index is -0.629. The molecule has 2 N–H and O–H groups in total. The number of nitrogens with one attached hydrogen (secondary N) is 1. The summed E-state index contributed by atoms with van der Waals surface area (Å²) in [5.41, 5.74) is 1.69. The van der Waals surface area contributed by atoms with Gasteiger partial charge in [0.2, 0.25) is 0 Å². The number of aliphatic hydroxyl groups is 1. The monoisotopic (exact) mass is 289 g/mol. The van der Waals surface area contributed by atoms with Crippen molar-refractivity contribution < 1.29 is 5.11 Å². The van der Waals surface area contributed by atoms with Crippen LogP contribution in [0.3, 0.4) is 0 Å². The van der Waals surface area contributed by atoms with Gasteiger partial charge in [-0.3, -0.25) is 0 Å². The molecule has 0 aliphatic heterocycles. The van der Waals surface area contributed by atoms with E-state index in [-0.39, 0.29) is 0 Å². The molecule has 0 aromatic carbocycles. The van der Waals surface area contributed by atoms with Crippen molar-refractivity contribution in [3.8, 4) is 12.3 Å². The van der Waals surface area contributed by atoms with Gasteiger partial charge in [0.25, 0.3) is 0 Å². The van der Waals surface area contributed by atoms with Gasteiger partial charge in [-0.05, 0) is 37.5 Å². The lowest BCUT2D eigenvalue weighted by atomic mass is 9.69. The van der Waals surface area contributed by atoms with Gasteiger partial charge in [-0.2, -0.15) is 0 Å². The lowest BCUT2D eigenvalue weighted by molar-refractivity contribution is 0.159. The molecule has 21 heavy (non-hydrogen) atoms. The molecule has 2 heteroatoms. The van der Waals surface area contributed by atoms with E-state index in [1.807, 2.05) is 6.92 Å². The van der Waals surface area contributed by atoms with Crippen LogP contribution in [0.5, 0.6) is 0 Å². The van der Waals surface area contributed by atoms with Gasteiger partial charge in [-0.1, -0.05) is 45.8 Å². The summed E-state index contributed by atoms with van der Waals surface area (Å²) >= 11 is 0. The molecule has 1 aliphatic carbocycles. The van der Waals surface area contributed by atoms with Crippen molar-refractivity contribution in [3.63, 3.8) is 0 Å². The van der Waals surface area contributed by atoms with E-state index >= 15 is 0 Å². The molecule has 0 heterocycles. The maximum atomic E-state index is 10.1. The fraction of sp³-hybridized carbons (Fsp3) is 0.684. The molecule has 1 fully saturated rings. The fourth-order valence-electron chi connectivity index (χ4n) is 3.44. The SMILES string of the molecule is C#C/C(=C\C)C(O)CNC(=C)[C@@H]1C[C@H](C)CC[C@@H]1C(C)C. The molecule has 1 rings (SSSR count). The number of hydrogen-bond acceptors (Lipinski definition) is 2. The van der Waals surface area contributed by atoms with E-state index in [9.17, 15) is 5.11 Å². The minimum absolute atomic E-state index is 0.443. The lowest BCUT2D eigenvalue weighted by Gasteiger charge is -2.39. The molecule has 0 aromatic heterocycles.